The molecule has 4 rings (SSSR count). The molecule has 0 aliphatic carbocycles. The SMILES string of the molecule is CCCn1nnc2cc(S(=O)(=O)N3CCCC(C(=O)NCc4cccc(Cl)c4)C3)ccc21. The van der Waals surface area contributed by atoms with E-state index in [1.54, 1.807) is 35.0 Å². The van der Waals surface area contributed by atoms with E-state index in [-0.39, 0.29) is 17.3 Å². The smallest absolute Gasteiger partial charge is 0.243 e. The van der Waals surface area contributed by atoms with Crippen LogP contribution in [0.25, 0.3) is 11.0 Å². The highest BCUT2D eigenvalue weighted by molar-refractivity contribution is 7.89. The highest BCUT2D eigenvalue weighted by atomic mass is 35.5. The normalized spacial score (nSPS) is 17.5. The van der Waals surface area contributed by atoms with Crippen LogP contribution in [0, 0.1) is 5.92 Å². The van der Waals surface area contributed by atoms with E-state index in [1.807, 2.05) is 19.1 Å². The average molecular weight is 476 g/mol. The van der Waals surface area contributed by atoms with Crippen LogP contribution >= 0.6 is 11.6 Å². The number of sulfonamides is 1. The lowest BCUT2D eigenvalue weighted by Crippen LogP contribution is -2.45. The summed E-state index contributed by atoms with van der Waals surface area (Å²) in [7, 11) is -3.74. The van der Waals surface area contributed by atoms with E-state index in [9.17, 15) is 13.2 Å². The molecule has 1 aliphatic rings. The molecule has 0 radical (unpaired) electrons. The van der Waals surface area contributed by atoms with Crippen LogP contribution in [-0.2, 0) is 27.9 Å². The molecule has 3 aromatic rings. The number of benzene rings is 2. The molecular formula is C22H26ClN5O3S. The van der Waals surface area contributed by atoms with Gasteiger partial charge in [-0.3, -0.25) is 4.79 Å². The Hall–Kier alpha value is -2.49. The van der Waals surface area contributed by atoms with E-state index >= 15 is 0 Å². The van der Waals surface area contributed by atoms with Crippen LogP contribution < -0.4 is 5.32 Å². The van der Waals surface area contributed by atoms with Gasteiger partial charge in [0.15, 0.2) is 0 Å². The minimum atomic E-state index is -3.74. The molecule has 1 atom stereocenters. The summed E-state index contributed by atoms with van der Waals surface area (Å²) in [6, 6.07) is 12.2. The van der Waals surface area contributed by atoms with E-state index in [0.29, 0.717) is 36.5 Å². The van der Waals surface area contributed by atoms with E-state index < -0.39 is 15.9 Å². The van der Waals surface area contributed by atoms with E-state index in [4.69, 9.17) is 11.6 Å². The summed E-state index contributed by atoms with van der Waals surface area (Å²) < 4.78 is 29.7. The Morgan fingerprint density at radius 2 is 2.09 bits per heavy atom. The summed E-state index contributed by atoms with van der Waals surface area (Å²) in [5.74, 6) is -0.547. The third-order valence-corrected chi connectivity index (χ3v) is 7.77. The first-order chi connectivity index (χ1) is 15.4. The Labute approximate surface area is 192 Å². The van der Waals surface area contributed by atoms with Gasteiger partial charge < -0.3 is 5.32 Å². The first-order valence-corrected chi connectivity index (χ1v) is 12.6. The minimum absolute atomic E-state index is 0.150. The molecule has 1 aliphatic heterocycles. The maximum Gasteiger partial charge on any atom is 0.243 e. The van der Waals surface area contributed by atoms with Crippen molar-refractivity contribution in [1.29, 1.82) is 0 Å². The lowest BCUT2D eigenvalue weighted by Gasteiger charge is -2.31. The number of rotatable bonds is 7. The fraction of sp³-hybridized carbons (Fsp3) is 0.409. The number of nitrogens with one attached hydrogen (secondary N) is 1. The molecule has 2 heterocycles. The monoisotopic (exact) mass is 475 g/mol. The maximum atomic E-state index is 13.3. The summed E-state index contributed by atoms with van der Waals surface area (Å²) in [5.41, 5.74) is 2.26. The van der Waals surface area contributed by atoms with Crippen LogP contribution in [0.15, 0.2) is 47.4 Å². The number of aryl methyl sites for hydroxylation is 1. The standard InChI is InChI=1S/C22H26ClN5O3S/c1-2-10-28-21-9-8-19(13-20(21)25-26-28)32(30,31)27-11-4-6-17(15-27)22(29)24-14-16-5-3-7-18(23)12-16/h3,5,7-9,12-13,17H,2,4,6,10-11,14-15H2,1H3,(H,24,29). The van der Waals surface area contributed by atoms with Crippen molar-refractivity contribution in [2.75, 3.05) is 13.1 Å². The van der Waals surface area contributed by atoms with Gasteiger partial charge in [0.05, 0.1) is 16.3 Å². The summed E-state index contributed by atoms with van der Waals surface area (Å²) in [4.78, 5) is 12.9. The average Bonchev–Trinajstić information content (AvgIpc) is 3.20. The molecule has 0 saturated carbocycles. The molecule has 1 saturated heterocycles. The Morgan fingerprint density at radius 3 is 2.88 bits per heavy atom. The predicted molar refractivity (Wildman–Crippen MR) is 123 cm³/mol. The van der Waals surface area contributed by atoms with E-state index in [2.05, 4.69) is 15.6 Å². The van der Waals surface area contributed by atoms with Crippen molar-refractivity contribution in [3.8, 4) is 0 Å². The molecule has 1 unspecified atom stereocenters. The summed E-state index contributed by atoms with van der Waals surface area (Å²) in [6.07, 6.45) is 2.19. The number of aromatic nitrogens is 3. The van der Waals surface area contributed by atoms with Gasteiger partial charge in [-0.1, -0.05) is 35.9 Å². The minimum Gasteiger partial charge on any atom is -0.352 e. The first kappa shape index (κ1) is 22.7. The number of carbonyl (C=O) groups excluding carboxylic acids is 1. The van der Waals surface area contributed by atoms with Crippen molar-refractivity contribution in [1.82, 2.24) is 24.6 Å². The summed E-state index contributed by atoms with van der Waals surface area (Å²) in [6.45, 7) is 3.67. The molecular weight excluding hydrogens is 450 g/mol. The van der Waals surface area contributed by atoms with Crippen molar-refractivity contribution in [3.05, 3.63) is 53.1 Å². The van der Waals surface area contributed by atoms with Crippen molar-refractivity contribution < 1.29 is 13.2 Å². The fourth-order valence-electron chi connectivity index (χ4n) is 3.99. The Kier molecular flexibility index (Phi) is 6.78. The molecule has 1 aromatic heterocycles. The zero-order valence-electron chi connectivity index (χ0n) is 17.9. The number of amides is 1. The third kappa shape index (κ3) is 4.79. The van der Waals surface area contributed by atoms with Gasteiger partial charge in [0, 0.05) is 31.2 Å². The van der Waals surface area contributed by atoms with Crippen LogP contribution in [-0.4, -0.2) is 46.7 Å². The van der Waals surface area contributed by atoms with Crippen molar-refractivity contribution in [2.45, 2.75) is 44.2 Å². The number of nitrogens with zero attached hydrogens (tertiary/aromatic N) is 4. The van der Waals surface area contributed by atoms with Gasteiger partial charge in [-0.2, -0.15) is 4.31 Å². The van der Waals surface area contributed by atoms with Gasteiger partial charge in [-0.15, -0.1) is 5.10 Å². The first-order valence-electron chi connectivity index (χ1n) is 10.7. The molecule has 32 heavy (non-hydrogen) atoms. The lowest BCUT2D eigenvalue weighted by atomic mass is 9.99. The number of hydrogen-bond donors (Lipinski definition) is 1. The molecule has 1 N–H and O–H groups in total. The summed E-state index contributed by atoms with van der Waals surface area (Å²) in [5, 5.41) is 11.7. The number of halogens is 1. The zero-order valence-corrected chi connectivity index (χ0v) is 19.4. The van der Waals surface area contributed by atoms with Gasteiger partial charge in [0.25, 0.3) is 0 Å². The maximum absolute atomic E-state index is 13.3. The van der Waals surface area contributed by atoms with Crippen LogP contribution in [0.4, 0.5) is 0 Å². The van der Waals surface area contributed by atoms with Crippen LogP contribution in [0.3, 0.4) is 0 Å². The Morgan fingerprint density at radius 1 is 1.25 bits per heavy atom. The van der Waals surface area contributed by atoms with E-state index in [1.165, 1.54) is 4.31 Å². The molecule has 170 valence electrons. The highest BCUT2D eigenvalue weighted by Gasteiger charge is 2.33. The quantitative estimate of drug-likeness (QED) is 0.566. The van der Waals surface area contributed by atoms with Crippen molar-refractivity contribution in [3.63, 3.8) is 0 Å². The summed E-state index contributed by atoms with van der Waals surface area (Å²) >= 11 is 5.99. The second-order valence-corrected chi connectivity index (χ2v) is 10.4. The number of piperidine rings is 1. The number of hydrogen-bond acceptors (Lipinski definition) is 5. The second-order valence-electron chi connectivity index (χ2n) is 8.01. The topological polar surface area (TPSA) is 97.2 Å². The molecule has 8 nitrogen and oxygen atoms in total. The van der Waals surface area contributed by atoms with Gasteiger partial charge in [-0.05, 0) is 55.2 Å². The van der Waals surface area contributed by atoms with Gasteiger partial charge in [0.2, 0.25) is 15.9 Å². The number of carbonyl (C=O) groups is 1. The van der Waals surface area contributed by atoms with Gasteiger partial charge >= 0.3 is 0 Å². The van der Waals surface area contributed by atoms with Crippen LogP contribution in [0.5, 0.6) is 0 Å². The Balaban J connectivity index is 1.45. The second kappa shape index (κ2) is 9.56. The van der Waals surface area contributed by atoms with Gasteiger partial charge in [0.1, 0.15) is 5.52 Å². The molecule has 2 aromatic carbocycles. The highest BCUT2D eigenvalue weighted by Crippen LogP contribution is 2.26. The number of fused-ring (bicyclic) bond motifs is 1. The van der Waals surface area contributed by atoms with E-state index in [0.717, 1.165) is 24.0 Å². The third-order valence-electron chi connectivity index (χ3n) is 5.67. The lowest BCUT2D eigenvalue weighted by molar-refractivity contribution is -0.126. The predicted octanol–water partition coefficient (Wildman–Crippen LogP) is 3.21. The molecule has 1 fully saturated rings. The van der Waals surface area contributed by atoms with Crippen molar-refractivity contribution in [2.24, 2.45) is 5.92 Å². The zero-order chi connectivity index (χ0) is 22.7. The fourth-order valence-corrected chi connectivity index (χ4v) is 5.75. The van der Waals surface area contributed by atoms with Crippen LogP contribution in [0.1, 0.15) is 31.7 Å². The molecule has 0 spiro atoms. The molecule has 1 amide bonds. The van der Waals surface area contributed by atoms with Crippen LogP contribution in [0.2, 0.25) is 5.02 Å². The Bertz CT molecular complexity index is 1230. The van der Waals surface area contributed by atoms with Crippen molar-refractivity contribution >= 4 is 38.6 Å². The molecule has 10 heteroatoms. The largest absolute Gasteiger partial charge is 0.352 e. The molecule has 0 bridgehead atoms. The van der Waals surface area contributed by atoms with Gasteiger partial charge in [-0.25, -0.2) is 13.1 Å².